The minimum atomic E-state index is -0.477. The van der Waals surface area contributed by atoms with Crippen LogP contribution in [0.25, 0.3) is 0 Å². The highest BCUT2D eigenvalue weighted by Gasteiger charge is 2.24. The van der Waals surface area contributed by atoms with E-state index in [1.807, 2.05) is 27.7 Å². The second-order valence-electron chi connectivity index (χ2n) is 8.23. The Labute approximate surface area is 181 Å². The summed E-state index contributed by atoms with van der Waals surface area (Å²) in [4.78, 5) is 18.8. The van der Waals surface area contributed by atoms with Crippen molar-refractivity contribution in [1.82, 2.24) is 15.5 Å². The molecular formula is C19H37IN4O3. The molecule has 0 saturated carbocycles. The topological polar surface area (TPSA) is 75.2 Å². The lowest BCUT2D eigenvalue weighted by Gasteiger charge is -2.34. The number of nitrogens with one attached hydrogen (secondary N) is 2. The lowest BCUT2D eigenvalue weighted by atomic mass is 10.0. The van der Waals surface area contributed by atoms with Gasteiger partial charge in [-0.15, -0.1) is 24.0 Å². The first-order valence-electron chi connectivity index (χ1n) is 9.92. The summed E-state index contributed by atoms with van der Waals surface area (Å²) in [6.45, 7) is 13.6. The van der Waals surface area contributed by atoms with E-state index in [1.165, 1.54) is 6.42 Å². The standard InChI is InChI=1S/C19H36N4O3.HI/c1-5-20-18(21-12-17(24)26-19(2,3)4)22-16-6-9-23(10-7-16)13-15-8-11-25-14-15;/h15-16H,5-14H2,1-4H3,(H2,20,21,22);1H. The number of aliphatic imine (C=N–C) groups is 1. The number of carbonyl (C=O) groups is 1. The third kappa shape index (κ3) is 9.94. The van der Waals surface area contributed by atoms with Crippen LogP contribution in [0, 0.1) is 5.92 Å². The molecule has 0 aromatic rings. The zero-order valence-electron chi connectivity index (χ0n) is 17.3. The van der Waals surface area contributed by atoms with Crippen molar-refractivity contribution in [2.45, 2.75) is 58.6 Å². The highest BCUT2D eigenvalue weighted by atomic mass is 127. The molecule has 0 aromatic heterocycles. The number of hydrogen-bond donors (Lipinski definition) is 2. The van der Waals surface area contributed by atoms with E-state index in [0.29, 0.717) is 17.9 Å². The molecule has 0 aromatic carbocycles. The SMILES string of the molecule is CCNC(=NCC(=O)OC(C)(C)C)NC1CCN(CC2CCOC2)CC1.I. The molecule has 2 saturated heterocycles. The third-order valence-electron chi connectivity index (χ3n) is 4.60. The molecule has 2 aliphatic rings. The predicted molar refractivity (Wildman–Crippen MR) is 119 cm³/mol. The maximum atomic E-state index is 11.9. The number of hydrogen-bond acceptors (Lipinski definition) is 5. The van der Waals surface area contributed by atoms with Crippen LogP contribution in [0.4, 0.5) is 0 Å². The van der Waals surface area contributed by atoms with Crippen molar-refractivity contribution < 1.29 is 14.3 Å². The summed E-state index contributed by atoms with van der Waals surface area (Å²) in [5, 5.41) is 6.69. The maximum absolute atomic E-state index is 11.9. The summed E-state index contributed by atoms with van der Waals surface area (Å²) in [7, 11) is 0. The molecule has 2 aliphatic heterocycles. The van der Waals surface area contributed by atoms with E-state index in [0.717, 1.165) is 52.2 Å². The normalized spacial score (nSPS) is 22.2. The second-order valence-corrected chi connectivity index (χ2v) is 8.23. The summed E-state index contributed by atoms with van der Waals surface area (Å²) in [6, 6.07) is 0.391. The predicted octanol–water partition coefficient (Wildman–Crippen LogP) is 2.00. The van der Waals surface area contributed by atoms with E-state index in [-0.39, 0.29) is 36.5 Å². The number of likely N-dealkylation sites (tertiary alicyclic amines) is 1. The van der Waals surface area contributed by atoms with Gasteiger partial charge in [0.1, 0.15) is 12.1 Å². The van der Waals surface area contributed by atoms with Crippen molar-refractivity contribution in [3.05, 3.63) is 0 Å². The number of halogens is 1. The van der Waals surface area contributed by atoms with Gasteiger partial charge in [-0.2, -0.15) is 0 Å². The molecule has 27 heavy (non-hydrogen) atoms. The van der Waals surface area contributed by atoms with Gasteiger partial charge in [-0.25, -0.2) is 4.99 Å². The monoisotopic (exact) mass is 496 g/mol. The fourth-order valence-electron chi connectivity index (χ4n) is 3.38. The van der Waals surface area contributed by atoms with Gasteiger partial charge in [-0.1, -0.05) is 0 Å². The zero-order chi connectivity index (χ0) is 19.0. The summed E-state index contributed by atoms with van der Waals surface area (Å²) in [5.74, 6) is 1.09. The van der Waals surface area contributed by atoms with Crippen LogP contribution in [0.5, 0.6) is 0 Å². The van der Waals surface area contributed by atoms with E-state index in [2.05, 4.69) is 20.5 Å². The van der Waals surface area contributed by atoms with E-state index >= 15 is 0 Å². The van der Waals surface area contributed by atoms with Crippen molar-refractivity contribution in [3.63, 3.8) is 0 Å². The van der Waals surface area contributed by atoms with Gasteiger partial charge in [0.15, 0.2) is 5.96 Å². The highest BCUT2D eigenvalue weighted by Crippen LogP contribution is 2.17. The van der Waals surface area contributed by atoms with Gasteiger partial charge >= 0.3 is 5.97 Å². The number of piperidine rings is 1. The fraction of sp³-hybridized carbons (Fsp3) is 0.895. The first-order valence-corrected chi connectivity index (χ1v) is 9.92. The Kier molecular flexibility index (Phi) is 10.9. The Bertz CT molecular complexity index is 468. The van der Waals surface area contributed by atoms with Gasteiger partial charge < -0.3 is 25.0 Å². The van der Waals surface area contributed by atoms with E-state index in [4.69, 9.17) is 9.47 Å². The maximum Gasteiger partial charge on any atom is 0.328 e. The second kappa shape index (κ2) is 12.1. The van der Waals surface area contributed by atoms with Crippen LogP contribution in [-0.4, -0.2) is 74.4 Å². The molecule has 0 radical (unpaired) electrons. The average molecular weight is 496 g/mol. The van der Waals surface area contributed by atoms with Crippen LogP contribution >= 0.6 is 24.0 Å². The molecular weight excluding hydrogens is 459 g/mol. The van der Waals surface area contributed by atoms with Crippen molar-refractivity contribution in [2.75, 3.05) is 45.9 Å². The molecule has 2 rings (SSSR count). The Balaban J connectivity index is 0.00000364. The van der Waals surface area contributed by atoms with Gasteiger partial charge in [0.05, 0.1) is 6.61 Å². The van der Waals surface area contributed by atoms with Crippen molar-refractivity contribution >= 4 is 35.9 Å². The summed E-state index contributed by atoms with van der Waals surface area (Å²) >= 11 is 0. The van der Waals surface area contributed by atoms with Crippen LogP contribution in [0.3, 0.4) is 0 Å². The van der Waals surface area contributed by atoms with Crippen LogP contribution in [0.2, 0.25) is 0 Å². The van der Waals surface area contributed by atoms with Crippen LogP contribution in [0.1, 0.15) is 47.0 Å². The number of esters is 1. The molecule has 2 N–H and O–H groups in total. The zero-order valence-corrected chi connectivity index (χ0v) is 19.6. The van der Waals surface area contributed by atoms with Gasteiger partial charge in [0, 0.05) is 38.8 Å². The molecule has 0 spiro atoms. The highest BCUT2D eigenvalue weighted by molar-refractivity contribution is 14.0. The van der Waals surface area contributed by atoms with Gasteiger partial charge in [0.2, 0.25) is 0 Å². The largest absolute Gasteiger partial charge is 0.459 e. The van der Waals surface area contributed by atoms with Gasteiger partial charge in [-0.05, 0) is 52.9 Å². The molecule has 1 unspecified atom stereocenters. The molecule has 158 valence electrons. The summed E-state index contributed by atoms with van der Waals surface area (Å²) < 4.78 is 10.8. The number of carbonyl (C=O) groups excluding carboxylic acids is 1. The first-order chi connectivity index (χ1) is 12.4. The lowest BCUT2D eigenvalue weighted by molar-refractivity contribution is -0.152. The molecule has 0 aliphatic carbocycles. The Morgan fingerprint density at radius 3 is 2.52 bits per heavy atom. The number of ether oxygens (including phenoxy) is 2. The molecule has 0 amide bonds. The van der Waals surface area contributed by atoms with Crippen molar-refractivity contribution in [1.29, 1.82) is 0 Å². The van der Waals surface area contributed by atoms with Crippen LogP contribution < -0.4 is 10.6 Å². The molecule has 1 atom stereocenters. The minimum Gasteiger partial charge on any atom is -0.459 e. The van der Waals surface area contributed by atoms with E-state index in [1.54, 1.807) is 0 Å². The molecule has 0 bridgehead atoms. The number of rotatable bonds is 6. The van der Waals surface area contributed by atoms with Crippen molar-refractivity contribution in [3.8, 4) is 0 Å². The first kappa shape index (κ1) is 24.4. The van der Waals surface area contributed by atoms with E-state index in [9.17, 15) is 4.79 Å². The smallest absolute Gasteiger partial charge is 0.328 e. The Hall–Kier alpha value is -0.610. The quantitative estimate of drug-likeness (QED) is 0.254. The summed E-state index contributed by atoms with van der Waals surface area (Å²) in [5.41, 5.74) is -0.477. The third-order valence-corrected chi connectivity index (χ3v) is 4.60. The van der Waals surface area contributed by atoms with Crippen LogP contribution in [-0.2, 0) is 14.3 Å². The molecule has 7 nitrogen and oxygen atoms in total. The van der Waals surface area contributed by atoms with Crippen molar-refractivity contribution in [2.24, 2.45) is 10.9 Å². The Morgan fingerprint density at radius 2 is 1.96 bits per heavy atom. The Morgan fingerprint density at radius 1 is 1.26 bits per heavy atom. The molecule has 2 fully saturated rings. The summed E-state index contributed by atoms with van der Waals surface area (Å²) in [6.07, 6.45) is 3.37. The molecule has 2 heterocycles. The molecule has 8 heteroatoms. The van der Waals surface area contributed by atoms with Crippen LogP contribution in [0.15, 0.2) is 4.99 Å². The van der Waals surface area contributed by atoms with Gasteiger partial charge in [0.25, 0.3) is 0 Å². The minimum absolute atomic E-state index is 0. The number of nitrogens with zero attached hydrogens (tertiary/aromatic N) is 2. The van der Waals surface area contributed by atoms with E-state index < -0.39 is 5.60 Å². The average Bonchev–Trinajstić information content (AvgIpc) is 3.06. The fourth-order valence-corrected chi connectivity index (χ4v) is 3.38. The van der Waals surface area contributed by atoms with Gasteiger partial charge in [-0.3, -0.25) is 4.79 Å². The number of guanidine groups is 1. The lowest BCUT2D eigenvalue weighted by Crippen LogP contribution is -2.49.